The van der Waals surface area contributed by atoms with Gasteiger partial charge in [0.25, 0.3) is 0 Å². The molecule has 3 heterocycles. The number of aryl methyl sites for hydroxylation is 2. The number of anilines is 2. The number of aliphatic carboxylic acids is 1. The number of rotatable bonds is 12. The molecule has 1 amide bonds. The molecule has 0 saturated carbocycles. The number of carbonyl (C=O) groups is 2. The highest BCUT2D eigenvalue weighted by Gasteiger charge is 2.39. The lowest BCUT2D eigenvalue weighted by molar-refractivity contribution is -0.149. The van der Waals surface area contributed by atoms with Crippen LogP contribution >= 0.6 is 0 Å². The fourth-order valence-corrected chi connectivity index (χ4v) is 5.15. The van der Waals surface area contributed by atoms with Crippen molar-refractivity contribution in [2.45, 2.75) is 57.5 Å². The molecule has 1 fully saturated rings. The van der Waals surface area contributed by atoms with Crippen LogP contribution in [0.4, 0.5) is 11.5 Å². The summed E-state index contributed by atoms with van der Waals surface area (Å²) in [7, 11) is 0. The van der Waals surface area contributed by atoms with Crippen molar-refractivity contribution in [3.63, 3.8) is 0 Å². The molecule has 0 bridgehead atoms. The second kappa shape index (κ2) is 13.8. The van der Waals surface area contributed by atoms with Crippen LogP contribution in [0.2, 0.25) is 0 Å². The van der Waals surface area contributed by atoms with E-state index in [1.165, 1.54) is 6.33 Å². The van der Waals surface area contributed by atoms with Gasteiger partial charge < -0.3 is 40.1 Å². The Balaban J connectivity index is 1.18. The number of carboxylic acids is 1. The maximum atomic E-state index is 12.5. The fraction of sp³-hybridized carbons (Fsp3) is 0.344. The average molecular weight is 618 g/mol. The van der Waals surface area contributed by atoms with Gasteiger partial charge in [-0.2, -0.15) is 0 Å². The zero-order valence-corrected chi connectivity index (χ0v) is 24.8. The molecule has 4 atom stereocenters. The topological polar surface area (TPSA) is 187 Å². The molecule has 1 aliphatic rings. The number of ether oxygens (including phenoxy) is 2. The smallest absolute Gasteiger partial charge is 0.326 e. The zero-order chi connectivity index (χ0) is 32.1. The Morgan fingerprint density at radius 2 is 1.82 bits per heavy atom. The van der Waals surface area contributed by atoms with Crippen molar-refractivity contribution in [1.82, 2.24) is 19.9 Å². The van der Waals surface area contributed by atoms with Gasteiger partial charge in [0.2, 0.25) is 5.91 Å². The molecule has 4 aromatic rings. The summed E-state index contributed by atoms with van der Waals surface area (Å²) in [6, 6.07) is 13.5. The number of nitrogens with one attached hydrogen (secondary N) is 1. The van der Waals surface area contributed by atoms with Crippen LogP contribution in [0.25, 0.3) is 10.9 Å². The number of benzene rings is 2. The van der Waals surface area contributed by atoms with Crippen LogP contribution in [-0.4, -0.2) is 89.7 Å². The minimum atomic E-state index is -1.22. The molecular weight excluding hydrogens is 582 g/mol. The summed E-state index contributed by atoms with van der Waals surface area (Å²) in [5.41, 5.74) is 3.26. The Labute approximate surface area is 259 Å². The third-order valence-electron chi connectivity index (χ3n) is 7.44. The molecule has 13 heteroatoms. The largest absolute Gasteiger partial charge is 0.491 e. The van der Waals surface area contributed by atoms with Crippen molar-refractivity contribution in [2.75, 3.05) is 18.5 Å². The highest BCUT2D eigenvalue weighted by atomic mass is 16.5. The zero-order valence-electron chi connectivity index (χ0n) is 24.8. The maximum absolute atomic E-state index is 12.5. The summed E-state index contributed by atoms with van der Waals surface area (Å²) < 4.78 is 11.7. The number of amides is 1. The third-order valence-corrected chi connectivity index (χ3v) is 7.44. The summed E-state index contributed by atoms with van der Waals surface area (Å²) in [6.07, 6.45) is -0.737. The molecule has 45 heavy (non-hydrogen) atoms. The fourth-order valence-electron chi connectivity index (χ4n) is 5.15. The van der Waals surface area contributed by atoms with E-state index in [0.717, 1.165) is 21.8 Å². The number of carboxylic acid groups (broad SMARTS) is 1. The number of carbonyl (C=O) groups excluding carboxylic acids is 1. The number of nitrogens with zero attached hydrogens (tertiary/aromatic N) is 4. The van der Waals surface area contributed by atoms with Crippen molar-refractivity contribution < 1.29 is 39.5 Å². The minimum Gasteiger partial charge on any atom is -0.491 e. The number of aliphatic hydroxyl groups excluding tert-OH is 3. The van der Waals surface area contributed by atoms with Gasteiger partial charge in [0.05, 0.1) is 36.4 Å². The molecule has 4 unspecified atom stereocenters. The third kappa shape index (κ3) is 8.01. The predicted molar refractivity (Wildman–Crippen MR) is 164 cm³/mol. The Hall–Kier alpha value is -4.85. The highest BCUT2D eigenvalue weighted by Crippen LogP contribution is 2.31. The lowest BCUT2D eigenvalue weighted by atomic mass is 10.1. The molecule has 13 nitrogen and oxygen atoms in total. The van der Waals surface area contributed by atoms with Gasteiger partial charge in [-0.05, 0) is 67.9 Å². The first-order valence-electron chi connectivity index (χ1n) is 14.5. The first-order valence-corrected chi connectivity index (χ1v) is 14.5. The van der Waals surface area contributed by atoms with E-state index in [2.05, 4.69) is 20.3 Å². The van der Waals surface area contributed by atoms with Gasteiger partial charge in [0.15, 0.2) is 0 Å². The highest BCUT2D eigenvalue weighted by molar-refractivity contribution is 5.91. The van der Waals surface area contributed by atoms with Gasteiger partial charge in [-0.1, -0.05) is 0 Å². The summed E-state index contributed by atoms with van der Waals surface area (Å²) >= 11 is 0. The first-order chi connectivity index (χ1) is 21.5. The Bertz CT molecular complexity index is 1670. The summed E-state index contributed by atoms with van der Waals surface area (Å²) in [5.74, 6) is 0.506. The number of hydrogen-bond donors (Lipinski definition) is 5. The SMILES string of the molecule is Cc1ccc(Oc2ccc(Nc3ncnc4ccc(OCC(O)CC(O)CC(=O)N5CC(O)CC5C(=O)O)cc34)cc2C)cn1. The van der Waals surface area contributed by atoms with Crippen LogP contribution in [-0.2, 0) is 9.59 Å². The van der Waals surface area contributed by atoms with Gasteiger partial charge in [0, 0.05) is 36.2 Å². The Morgan fingerprint density at radius 3 is 2.56 bits per heavy atom. The average Bonchev–Trinajstić information content (AvgIpc) is 3.41. The molecule has 5 rings (SSSR count). The predicted octanol–water partition coefficient (Wildman–Crippen LogP) is 3.10. The number of pyridine rings is 1. The minimum absolute atomic E-state index is 0.0603. The molecule has 1 aliphatic heterocycles. The van der Waals surface area contributed by atoms with E-state index in [-0.39, 0.29) is 32.4 Å². The molecule has 0 radical (unpaired) electrons. The number of aliphatic hydroxyl groups is 3. The van der Waals surface area contributed by atoms with E-state index in [1.54, 1.807) is 24.4 Å². The quantitative estimate of drug-likeness (QED) is 0.157. The van der Waals surface area contributed by atoms with Gasteiger partial charge in [0.1, 0.15) is 42.0 Å². The monoisotopic (exact) mass is 617 g/mol. The second-order valence-electron chi connectivity index (χ2n) is 11.1. The van der Waals surface area contributed by atoms with Crippen LogP contribution in [0.15, 0.2) is 61.1 Å². The second-order valence-corrected chi connectivity index (χ2v) is 11.1. The molecule has 1 saturated heterocycles. The van der Waals surface area contributed by atoms with Crippen molar-refractivity contribution >= 4 is 34.3 Å². The van der Waals surface area contributed by atoms with Gasteiger partial charge in [-0.25, -0.2) is 14.8 Å². The molecule has 0 spiro atoms. The van der Waals surface area contributed by atoms with E-state index in [0.29, 0.717) is 34.0 Å². The summed E-state index contributed by atoms with van der Waals surface area (Å²) in [4.78, 5) is 38.0. The normalized spacial score (nSPS) is 17.6. The van der Waals surface area contributed by atoms with Crippen molar-refractivity contribution in [3.05, 3.63) is 72.3 Å². The van der Waals surface area contributed by atoms with E-state index in [4.69, 9.17) is 9.47 Å². The van der Waals surface area contributed by atoms with Crippen LogP contribution in [0.5, 0.6) is 17.2 Å². The molecule has 5 N–H and O–H groups in total. The van der Waals surface area contributed by atoms with Crippen LogP contribution in [0.1, 0.15) is 30.5 Å². The number of aromatic nitrogens is 3. The number of hydrogen-bond acceptors (Lipinski definition) is 11. The number of fused-ring (bicyclic) bond motifs is 1. The first kappa shape index (κ1) is 31.6. The Kier molecular flexibility index (Phi) is 9.71. The van der Waals surface area contributed by atoms with E-state index in [1.807, 2.05) is 44.2 Å². The van der Waals surface area contributed by atoms with Crippen LogP contribution in [0, 0.1) is 13.8 Å². The number of likely N-dealkylation sites (tertiary alicyclic amines) is 1. The van der Waals surface area contributed by atoms with Crippen LogP contribution in [0.3, 0.4) is 0 Å². The van der Waals surface area contributed by atoms with E-state index >= 15 is 0 Å². The molecule has 2 aromatic heterocycles. The molecule has 236 valence electrons. The lowest BCUT2D eigenvalue weighted by Crippen LogP contribution is -2.42. The van der Waals surface area contributed by atoms with Crippen molar-refractivity contribution in [1.29, 1.82) is 0 Å². The van der Waals surface area contributed by atoms with Crippen molar-refractivity contribution in [3.8, 4) is 17.2 Å². The van der Waals surface area contributed by atoms with Gasteiger partial charge in [-0.15, -0.1) is 0 Å². The van der Waals surface area contributed by atoms with Crippen LogP contribution < -0.4 is 14.8 Å². The van der Waals surface area contributed by atoms with E-state index < -0.39 is 36.2 Å². The lowest BCUT2D eigenvalue weighted by Gasteiger charge is -2.23. The maximum Gasteiger partial charge on any atom is 0.326 e. The van der Waals surface area contributed by atoms with Crippen molar-refractivity contribution in [2.24, 2.45) is 0 Å². The molecular formula is C32H35N5O8. The van der Waals surface area contributed by atoms with E-state index in [9.17, 15) is 30.0 Å². The summed E-state index contributed by atoms with van der Waals surface area (Å²) in [5, 5.41) is 43.9. The molecule has 0 aliphatic carbocycles. The standard InChI is InChI=1S/C32H35N5O8/c1-18-9-20(4-8-29(18)45-25-5-3-19(2)33-14-25)36-31-26-13-24(6-7-27(26)34-17-35-31)44-16-23(40)10-21(38)12-30(41)37-15-22(39)11-28(37)32(42)43/h3-9,13-14,17,21-23,28,38-40H,10-12,15-16H2,1-2H3,(H,42,43)(H,34,35,36). The molecule has 2 aromatic carbocycles. The van der Waals surface area contributed by atoms with Gasteiger partial charge >= 0.3 is 5.97 Å². The summed E-state index contributed by atoms with van der Waals surface area (Å²) in [6.45, 7) is 3.58. The van der Waals surface area contributed by atoms with Gasteiger partial charge in [-0.3, -0.25) is 9.78 Å². The Morgan fingerprint density at radius 1 is 1.02 bits per heavy atom. The number of β-amino-alcohol motifs (C(OH)–C–C–N with tert-alkyl or cyclic N) is 1.